The van der Waals surface area contributed by atoms with E-state index in [1.807, 2.05) is 11.8 Å². The molecule has 5 rings (SSSR count). The third-order valence-electron chi connectivity index (χ3n) is 5.62. The first-order valence-electron chi connectivity index (χ1n) is 10.7. The second-order valence-electron chi connectivity index (χ2n) is 9.24. The van der Waals surface area contributed by atoms with Gasteiger partial charge in [-0.3, -0.25) is 4.40 Å². The molecular weight excluding hydrogens is 434 g/mol. The maximum atomic E-state index is 14.1. The molecule has 0 saturated heterocycles. The molecule has 0 fully saturated rings. The standard InChI is InChI=1S/C19H15F2N5.C5H10F2/c1-11-7-13(21)9-17-14(11)3-2-6-25(17)18-15-8-12(20)4-5-16(15)26-10-22-24-19(26)23-18;1-5(2,3)4(6)7/h4-5,7-10H,2-3,6H2,1H3;4H,1-3H3. The molecule has 3 heterocycles. The zero-order valence-corrected chi connectivity index (χ0v) is 18.9. The zero-order valence-electron chi connectivity index (χ0n) is 18.9. The van der Waals surface area contributed by atoms with E-state index in [0.717, 1.165) is 35.2 Å². The highest BCUT2D eigenvalue weighted by Crippen LogP contribution is 2.38. The summed E-state index contributed by atoms with van der Waals surface area (Å²) in [6.45, 7) is 7.13. The summed E-state index contributed by atoms with van der Waals surface area (Å²) in [6, 6.07) is 7.63. The van der Waals surface area contributed by atoms with Gasteiger partial charge in [0.1, 0.15) is 23.8 Å². The molecule has 0 aliphatic carbocycles. The Bertz CT molecular complexity index is 1310. The Morgan fingerprint density at radius 2 is 1.76 bits per heavy atom. The van der Waals surface area contributed by atoms with E-state index in [1.54, 1.807) is 22.9 Å². The average molecular weight is 459 g/mol. The fourth-order valence-corrected chi connectivity index (χ4v) is 3.81. The summed E-state index contributed by atoms with van der Waals surface area (Å²) >= 11 is 0. The number of anilines is 2. The molecular formula is C24H25F4N5. The molecule has 0 unspecified atom stereocenters. The van der Waals surface area contributed by atoms with Crippen LogP contribution in [0, 0.1) is 24.0 Å². The van der Waals surface area contributed by atoms with E-state index in [-0.39, 0.29) is 11.6 Å². The molecule has 0 atom stereocenters. The Morgan fingerprint density at radius 3 is 2.45 bits per heavy atom. The van der Waals surface area contributed by atoms with Crippen LogP contribution in [0.25, 0.3) is 16.7 Å². The summed E-state index contributed by atoms with van der Waals surface area (Å²) in [7, 11) is 0. The summed E-state index contributed by atoms with van der Waals surface area (Å²) in [5.41, 5.74) is 2.74. The van der Waals surface area contributed by atoms with Crippen molar-refractivity contribution in [1.82, 2.24) is 19.6 Å². The molecule has 0 saturated carbocycles. The lowest BCUT2D eigenvalue weighted by Gasteiger charge is -2.32. The van der Waals surface area contributed by atoms with Crippen molar-refractivity contribution in [3.05, 3.63) is 59.4 Å². The van der Waals surface area contributed by atoms with Gasteiger partial charge in [0.15, 0.2) is 0 Å². The fraction of sp³-hybridized carbons (Fsp3) is 0.375. The van der Waals surface area contributed by atoms with Crippen molar-refractivity contribution in [2.45, 2.75) is 47.0 Å². The van der Waals surface area contributed by atoms with Gasteiger partial charge in [-0.2, -0.15) is 4.98 Å². The van der Waals surface area contributed by atoms with Crippen molar-refractivity contribution in [3.63, 3.8) is 0 Å². The van der Waals surface area contributed by atoms with Crippen molar-refractivity contribution in [2.75, 3.05) is 11.4 Å². The second-order valence-corrected chi connectivity index (χ2v) is 9.24. The molecule has 0 N–H and O–H groups in total. The van der Waals surface area contributed by atoms with Gasteiger partial charge in [0.25, 0.3) is 5.78 Å². The number of benzene rings is 2. The van der Waals surface area contributed by atoms with Gasteiger partial charge in [0.2, 0.25) is 6.43 Å². The maximum absolute atomic E-state index is 14.1. The van der Waals surface area contributed by atoms with Gasteiger partial charge in [0.05, 0.1) is 5.52 Å². The first-order chi connectivity index (χ1) is 15.6. The van der Waals surface area contributed by atoms with Crippen LogP contribution in [-0.4, -0.2) is 32.6 Å². The van der Waals surface area contributed by atoms with Crippen LogP contribution in [0.3, 0.4) is 0 Å². The number of rotatable bonds is 1. The van der Waals surface area contributed by atoms with Gasteiger partial charge in [-0.1, -0.05) is 20.8 Å². The van der Waals surface area contributed by atoms with Gasteiger partial charge in [-0.25, -0.2) is 17.6 Å². The van der Waals surface area contributed by atoms with Crippen molar-refractivity contribution in [1.29, 1.82) is 0 Å². The van der Waals surface area contributed by atoms with E-state index in [2.05, 4.69) is 15.2 Å². The van der Waals surface area contributed by atoms with Gasteiger partial charge in [-0.15, -0.1) is 10.2 Å². The molecule has 0 bridgehead atoms. The van der Waals surface area contributed by atoms with Gasteiger partial charge >= 0.3 is 0 Å². The number of aryl methyl sites for hydroxylation is 1. The third kappa shape index (κ3) is 4.49. The van der Waals surface area contributed by atoms with E-state index in [4.69, 9.17) is 0 Å². The van der Waals surface area contributed by atoms with Crippen LogP contribution < -0.4 is 4.90 Å². The summed E-state index contributed by atoms with van der Waals surface area (Å²) in [6.07, 6.45) is 1.15. The summed E-state index contributed by atoms with van der Waals surface area (Å²) in [5.74, 6) is 0.373. The van der Waals surface area contributed by atoms with Crippen LogP contribution in [0.2, 0.25) is 0 Å². The number of hydrogen-bond acceptors (Lipinski definition) is 4. The summed E-state index contributed by atoms with van der Waals surface area (Å²) in [5, 5.41) is 8.60. The maximum Gasteiger partial charge on any atom is 0.257 e. The second kappa shape index (κ2) is 8.61. The summed E-state index contributed by atoms with van der Waals surface area (Å²) < 4.78 is 52.9. The largest absolute Gasteiger partial charge is 0.325 e. The minimum Gasteiger partial charge on any atom is -0.325 e. The zero-order chi connectivity index (χ0) is 23.9. The number of alkyl halides is 2. The Hall–Kier alpha value is -3.23. The van der Waals surface area contributed by atoms with E-state index < -0.39 is 11.8 Å². The molecule has 2 aromatic carbocycles. The molecule has 1 aliphatic rings. The number of hydrogen-bond donors (Lipinski definition) is 0. The molecule has 9 heteroatoms. The predicted molar refractivity (Wildman–Crippen MR) is 120 cm³/mol. The van der Waals surface area contributed by atoms with Gasteiger partial charge < -0.3 is 4.90 Å². The first kappa shape index (κ1) is 22.9. The van der Waals surface area contributed by atoms with Crippen molar-refractivity contribution >= 4 is 28.2 Å². The van der Waals surface area contributed by atoms with Gasteiger partial charge in [-0.05, 0) is 61.2 Å². The Morgan fingerprint density at radius 1 is 1.03 bits per heavy atom. The van der Waals surface area contributed by atoms with Crippen LogP contribution in [0.4, 0.5) is 29.1 Å². The van der Waals surface area contributed by atoms with Crippen molar-refractivity contribution in [3.8, 4) is 0 Å². The minimum absolute atomic E-state index is 0.285. The highest BCUT2D eigenvalue weighted by molar-refractivity contribution is 5.94. The first-order valence-corrected chi connectivity index (χ1v) is 10.7. The molecule has 5 nitrogen and oxygen atoms in total. The Labute approximate surface area is 189 Å². The molecule has 33 heavy (non-hydrogen) atoms. The number of aromatic nitrogens is 4. The molecule has 4 aromatic rings. The predicted octanol–water partition coefficient (Wildman–Crippen LogP) is 6.25. The van der Waals surface area contributed by atoms with Gasteiger partial charge in [0, 0.05) is 23.0 Å². The van der Waals surface area contributed by atoms with Crippen LogP contribution >= 0.6 is 0 Å². The fourth-order valence-electron chi connectivity index (χ4n) is 3.81. The Balaban J connectivity index is 0.000000325. The lowest BCUT2D eigenvalue weighted by molar-refractivity contribution is 0.0324. The van der Waals surface area contributed by atoms with Crippen LogP contribution in [0.1, 0.15) is 38.3 Å². The minimum atomic E-state index is -2.20. The number of nitrogens with zero attached hydrogens (tertiary/aromatic N) is 5. The van der Waals surface area contributed by atoms with Crippen LogP contribution in [-0.2, 0) is 6.42 Å². The molecule has 174 valence electrons. The number of halogens is 4. The molecule has 1 aliphatic heterocycles. The molecule has 2 aromatic heterocycles. The smallest absolute Gasteiger partial charge is 0.257 e. The van der Waals surface area contributed by atoms with Crippen LogP contribution in [0.5, 0.6) is 0 Å². The van der Waals surface area contributed by atoms with E-state index in [9.17, 15) is 17.6 Å². The van der Waals surface area contributed by atoms with Crippen molar-refractivity contribution in [2.24, 2.45) is 5.41 Å². The lowest BCUT2D eigenvalue weighted by atomic mass is 9.96. The molecule has 0 spiro atoms. The monoisotopic (exact) mass is 459 g/mol. The lowest BCUT2D eigenvalue weighted by Crippen LogP contribution is -2.26. The topological polar surface area (TPSA) is 46.3 Å². The molecule has 0 amide bonds. The third-order valence-corrected chi connectivity index (χ3v) is 5.62. The molecule has 0 radical (unpaired) electrons. The Kier molecular flexibility index (Phi) is 5.99. The average Bonchev–Trinajstić information content (AvgIpc) is 3.21. The van der Waals surface area contributed by atoms with E-state index in [1.165, 1.54) is 39.0 Å². The number of fused-ring (bicyclic) bond motifs is 4. The van der Waals surface area contributed by atoms with Crippen molar-refractivity contribution < 1.29 is 17.6 Å². The highest BCUT2D eigenvalue weighted by Gasteiger charge is 2.25. The van der Waals surface area contributed by atoms with Crippen LogP contribution in [0.15, 0.2) is 36.7 Å². The highest BCUT2D eigenvalue weighted by atomic mass is 19.3. The summed E-state index contributed by atoms with van der Waals surface area (Å²) in [4.78, 5) is 6.58. The SMILES string of the molecule is CC(C)(C)C(F)F.Cc1cc(F)cc2c1CCCN2c1nc2nncn2c2ccc(F)cc12. The van der Waals surface area contributed by atoms with E-state index in [0.29, 0.717) is 23.5 Å². The van der Waals surface area contributed by atoms with E-state index >= 15 is 0 Å². The quantitative estimate of drug-likeness (QED) is 0.316. The normalized spacial score (nSPS) is 13.9.